The quantitative estimate of drug-likeness (QED) is 0.391. The van der Waals surface area contributed by atoms with Crippen LogP contribution in [0.3, 0.4) is 0 Å². The van der Waals surface area contributed by atoms with Crippen molar-refractivity contribution in [2.24, 2.45) is 0 Å². The van der Waals surface area contributed by atoms with Crippen molar-refractivity contribution in [2.75, 3.05) is 10.7 Å². The van der Waals surface area contributed by atoms with E-state index in [1.807, 2.05) is 0 Å². The minimum atomic E-state index is 0.976. The summed E-state index contributed by atoms with van der Waals surface area (Å²) in [5.74, 6) is 0. The molecule has 64 valence electrons. The predicted molar refractivity (Wildman–Crippen MR) is 59.7 cm³/mol. The molecule has 0 aliphatic rings. The third-order valence-electron chi connectivity index (χ3n) is 1.25. The van der Waals surface area contributed by atoms with Gasteiger partial charge in [0.1, 0.15) is 0 Å². The lowest BCUT2D eigenvalue weighted by Crippen LogP contribution is -1.70. The van der Waals surface area contributed by atoms with Crippen LogP contribution in [0.25, 0.3) is 0 Å². The van der Waals surface area contributed by atoms with Crippen LogP contribution in [0.5, 0.6) is 0 Å². The summed E-state index contributed by atoms with van der Waals surface area (Å²) >= 11 is 6.67. The fourth-order valence-corrected chi connectivity index (χ4v) is 1.24. The van der Waals surface area contributed by atoms with Gasteiger partial charge in [-0.1, -0.05) is 56.2 Å². The Labute approximate surface area is 86.0 Å². The highest BCUT2D eigenvalue weighted by Crippen LogP contribution is 1.98. The summed E-state index contributed by atoms with van der Waals surface area (Å²) in [6.07, 6.45) is 12.4. The van der Waals surface area contributed by atoms with E-state index in [1.165, 1.54) is 19.3 Å². The number of hydrogen-bond acceptors (Lipinski definition) is 0. The normalized spacial score (nSPS) is 11.8. The van der Waals surface area contributed by atoms with E-state index in [0.29, 0.717) is 0 Å². The molecule has 0 radical (unpaired) electrons. The van der Waals surface area contributed by atoms with E-state index in [9.17, 15) is 0 Å². The lowest BCUT2D eigenvalue weighted by molar-refractivity contribution is 0.867. The molecule has 11 heavy (non-hydrogen) atoms. The highest BCUT2D eigenvalue weighted by molar-refractivity contribution is 9.09. The summed E-state index contributed by atoms with van der Waals surface area (Å²) in [4.78, 5) is 0. The average Bonchev–Trinajstić information content (AvgIpc) is 2.03. The van der Waals surface area contributed by atoms with Gasteiger partial charge in [0, 0.05) is 10.7 Å². The molecule has 0 unspecified atom stereocenters. The van der Waals surface area contributed by atoms with Gasteiger partial charge in [0.15, 0.2) is 0 Å². The molecule has 0 saturated carbocycles. The third kappa shape index (κ3) is 10.4. The summed E-state index contributed by atoms with van der Waals surface area (Å²) in [5, 5.41) is 1.95. The van der Waals surface area contributed by atoms with Crippen molar-refractivity contribution in [2.45, 2.75) is 19.3 Å². The van der Waals surface area contributed by atoms with Crippen molar-refractivity contribution in [3.8, 4) is 0 Å². The predicted octanol–water partition coefficient (Wildman–Crippen LogP) is 4.06. The van der Waals surface area contributed by atoms with Crippen LogP contribution in [0, 0.1) is 0 Å². The van der Waals surface area contributed by atoms with Crippen LogP contribution in [-0.4, -0.2) is 10.7 Å². The van der Waals surface area contributed by atoms with Crippen LogP contribution < -0.4 is 0 Å². The Hall–Kier alpha value is 0.440. The summed E-state index contributed by atoms with van der Waals surface area (Å²) in [6, 6.07) is 0. The highest BCUT2D eigenvalue weighted by Gasteiger charge is 1.79. The maximum absolute atomic E-state index is 3.34. The molecule has 0 aliphatic carbocycles. The van der Waals surface area contributed by atoms with Crippen LogP contribution in [0.4, 0.5) is 0 Å². The van der Waals surface area contributed by atoms with E-state index in [0.717, 1.165) is 10.7 Å². The monoisotopic (exact) mass is 280 g/mol. The minimum absolute atomic E-state index is 0.976. The van der Waals surface area contributed by atoms with Gasteiger partial charge in [-0.25, -0.2) is 0 Å². The number of alkyl halides is 2. The van der Waals surface area contributed by atoms with Crippen molar-refractivity contribution in [3.05, 3.63) is 24.3 Å². The van der Waals surface area contributed by atoms with Gasteiger partial charge in [-0.05, 0) is 19.3 Å². The molecule has 0 N–H and O–H groups in total. The van der Waals surface area contributed by atoms with Gasteiger partial charge in [0.25, 0.3) is 0 Å². The van der Waals surface area contributed by atoms with Crippen LogP contribution in [0.2, 0.25) is 0 Å². The molecular formula is C9H14Br2. The number of allylic oxidation sites excluding steroid dienone is 4. The Balaban J connectivity index is 3.02. The summed E-state index contributed by atoms with van der Waals surface area (Å²) in [5.41, 5.74) is 0. The number of rotatable bonds is 6. The molecule has 0 atom stereocenters. The van der Waals surface area contributed by atoms with Crippen LogP contribution in [0.15, 0.2) is 24.3 Å². The topological polar surface area (TPSA) is 0 Å². The smallest absolute Gasteiger partial charge is 0.0212 e. The number of hydrogen-bond donors (Lipinski definition) is 0. The average molecular weight is 282 g/mol. The lowest BCUT2D eigenvalue weighted by Gasteiger charge is -1.88. The molecular weight excluding hydrogens is 268 g/mol. The van der Waals surface area contributed by atoms with Gasteiger partial charge >= 0.3 is 0 Å². The summed E-state index contributed by atoms with van der Waals surface area (Å²) in [7, 11) is 0. The van der Waals surface area contributed by atoms with Gasteiger partial charge in [0.05, 0.1) is 0 Å². The fourth-order valence-electron chi connectivity index (χ4n) is 0.715. The molecule has 0 saturated heterocycles. The first-order valence-electron chi connectivity index (χ1n) is 3.83. The van der Waals surface area contributed by atoms with E-state index in [-0.39, 0.29) is 0 Å². The zero-order chi connectivity index (χ0) is 8.36. The Morgan fingerprint density at radius 2 is 1.18 bits per heavy atom. The Morgan fingerprint density at radius 1 is 0.727 bits per heavy atom. The van der Waals surface area contributed by atoms with Gasteiger partial charge in [-0.3, -0.25) is 0 Å². The molecule has 0 rings (SSSR count). The molecule has 0 spiro atoms. The van der Waals surface area contributed by atoms with E-state index in [4.69, 9.17) is 0 Å². The first kappa shape index (κ1) is 11.4. The van der Waals surface area contributed by atoms with E-state index < -0.39 is 0 Å². The van der Waals surface area contributed by atoms with Crippen molar-refractivity contribution in [3.63, 3.8) is 0 Å². The number of halogens is 2. The van der Waals surface area contributed by atoms with Crippen molar-refractivity contribution in [1.82, 2.24) is 0 Å². The van der Waals surface area contributed by atoms with Gasteiger partial charge < -0.3 is 0 Å². The van der Waals surface area contributed by atoms with Gasteiger partial charge in [-0.15, -0.1) is 0 Å². The Kier molecular flexibility index (Phi) is 10.9. The second-order valence-electron chi connectivity index (χ2n) is 2.18. The molecule has 0 amide bonds. The third-order valence-corrected chi connectivity index (χ3v) is 2.00. The van der Waals surface area contributed by atoms with Crippen LogP contribution in [-0.2, 0) is 0 Å². The minimum Gasteiger partial charge on any atom is -0.0883 e. The molecule has 0 aliphatic heterocycles. The van der Waals surface area contributed by atoms with Crippen molar-refractivity contribution < 1.29 is 0 Å². The van der Waals surface area contributed by atoms with Crippen LogP contribution >= 0.6 is 31.9 Å². The Morgan fingerprint density at radius 3 is 1.55 bits per heavy atom. The molecule has 2 heteroatoms. The lowest BCUT2D eigenvalue weighted by atomic mass is 10.2. The maximum atomic E-state index is 3.34. The van der Waals surface area contributed by atoms with E-state index >= 15 is 0 Å². The Bertz CT molecular complexity index is 103. The first-order chi connectivity index (χ1) is 5.41. The first-order valence-corrected chi connectivity index (χ1v) is 6.08. The van der Waals surface area contributed by atoms with E-state index in [2.05, 4.69) is 56.2 Å². The SMILES string of the molecule is BrCC=CCCCC=CCBr. The second kappa shape index (κ2) is 10.4. The summed E-state index contributed by atoms with van der Waals surface area (Å²) in [6.45, 7) is 0. The maximum Gasteiger partial charge on any atom is 0.0212 e. The molecule has 0 aromatic heterocycles. The molecule has 0 bridgehead atoms. The molecule has 0 heterocycles. The zero-order valence-electron chi connectivity index (χ0n) is 6.60. The molecule has 0 fully saturated rings. The largest absolute Gasteiger partial charge is 0.0883 e. The standard InChI is InChI=1S/C9H14Br2/c10-8-6-4-2-1-3-5-7-9-11/h4-7H,1-3,8-9H2. The second-order valence-corrected chi connectivity index (χ2v) is 3.48. The number of unbranched alkanes of at least 4 members (excludes halogenated alkanes) is 2. The van der Waals surface area contributed by atoms with Crippen LogP contribution in [0.1, 0.15) is 19.3 Å². The van der Waals surface area contributed by atoms with Gasteiger partial charge in [0.2, 0.25) is 0 Å². The highest BCUT2D eigenvalue weighted by atomic mass is 79.9. The zero-order valence-corrected chi connectivity index (χ0v) is 9.77. The van der Waals surface area contributed by atoms with Crippen molar-refractivity contribution in [1.29, 1.82) is 0 Å². The summed E-state index contributed by atoms with van der Waals surface area (Å²) < 4.78 is 0. The molecule has 0 aromatic rings. The van der Waals surface area contributed by atoms with Gasteiger partial charge in [-0.2, -0.15) is 0 Å². The molecule has 0 aromatic carbocycles. The van der Waals surface area contributed by atoms with E-state index in [1.54, 1.807) is 0 Å². The van der Waals surface area contributed by atoms with Crippen molar-refractivity contribution >= 4 is 31.9 Å². The fraction of sp³-hybridized carbons (Fsp3) is 0.556. The molecule has 0 nitrogen and oxygen atoms in total.